The predicted molar refractivity (Wildman–Crippen MR) is 104 cm³/mol. The van der Waals surface area contributed by atoms with Crippen LogP contribution in [0.3, 0.4) is 0 Å². The molecular weight excluding hydrogens is 322 g/mol. The Morgan fingerprint density at radius 1 is 1.19 bits per heavy atom. The number of aromatic amines is 1. The van der Waals surface area contributed by atoms with Gasteiger partial charge in [-0.05, 0) is 61.7 Å². The van der Waals surface area contributed by atoms with Gasteiger partial charge < -0.3 is 5.32 Å². The van der Waals surface area contributed by atoms with Crippen LogP contribution in [0.15, 0.2) is 43.2 Å². The molecule has 0 radical (unpaired) electrons. The Morgan fingerprint density at radius 2 is 2.08 bits per heavy atom. The molecule has 2 aliphatic rings. The lowest BCUT2D eigenvalue weighted by Crippen LogP contribution is -2.36. The van der Waals surface area contributed by atoms with E-state index in [1.165, 1.54) is 37.9 Å². The molecule has 1 saturated heterocycles. The lowest BCUT2D eigenvalue weighted by atomic mass is 10.0. The van der Waals surface area contributed by atoms with Crippen molar-refractivity contribution in [2.75, 3.05) is 13.1 Å². The number of likely N-dealkylation sites (tertiary alicyclic amines) is 1. The lowest BCUT2D eigenvalue weighted by Gasteiger charge is -2.30. The number of nitrogens with one attached hydrogen (secondary N) is 2. The zero-order chi connectivity index (χ0) is 17.5. The zero-order valence-electron chi connectivity index (χ0n) is 14.8. The van der Waals surface area contributed by atoms with Crippen molar-refractivity contribution in [3.63, 3.8) is 0 Å². The molecule has 1 aliphatic heterocycles. The van der Waals surface area contributed by atoms with E-state index < -0.39 is 0 Å². The first-order chi connectivity index (χ1) is 12.8. The molecule has 3 aromatic rings. The highest BCUT2D eigenvalue weighted by molar-refractivity contribution is 5.92. The second-order valence-electron chi connectivity index (χ2n) is 7.44. The molecule has 132 valence electrons. The number of pyridine rings is 1. The Balaban J connectivity index is 1.46. The van der Waals surface area contributed by atoms with Gasteiger partial charge in [0.1, 0.15) is 5.69 Å². The average molecular weight is 345 g/mol. The van der Waals surface area contributed by atoms with E-state index in [0.717, 1.165) is 40.0 Å². The molecule has 3 heterocycles. The first-order valence-electron chi connectivity index (χ1n) is 9.37. The molecule has 0 atom stereocenters. The van der Waals surface area contributed by atoms with Gasteiger partial charge >= 0.3 is 0 Å². The normalized spacial score (nSPS) is 17.2. The topological polar surface area (TPSA) is 56.8 Å². The molecule has 5 nitrogen and oxygen atoms in total. The van der Waals surface area contributed by atoms with Crippen molar-refractivity contribution >= 4 is 16.6 Å². The van der Waals surface area contributed by atoms with E-state index in [0.29, 0.717) is 6.04 Å². The van der Waals surface area contributed by atoms with Gasteiger partial charge in [-0.1, -0.05) is 12.6 Å². The van der Waals surface area contributed by atoms with Gasteiger partial charge in [0.15, 0.2) is 0 Å². The Morgan fingerprint density at radius 3 is 2.85 bits per heavy atom. The van der Waals surface area contributed by atoms with E-state index in [4.69, 9.17) is 0 Å². The third-order valence-electron chi connectivity index (χ3n) is 5.29. The maximum atomic E-state index is 4.48. The van der Waals surface area contributed by atoms with Crippen molar-refractivity contribution in [3.8, 4) is 11.1 Å². The van der Waals surface area contributed by atoms with Crippen LogP contribution in [0.2, 0.25) is 0 Å². The molecule has 0 bridgehead atoms. The highest BCUT2D eigenvalue weighted by Crippen LogP contribution is 2.29. The van der Waals surface area contributed by atoms with Crippen LogP contribution < -0.4 is 5.32 Å². The smallest absolute Gasteiger partial charge is 0.115 e. The van der Waals surface area contributed by atoms with Crippen LogP contribution in [0, 0.1) is 0 Å². The average Bonchev–Trinajstić information content (AvgIpc) is 3.33. The molecule has 0 spiro atoms. The molecular formula is C21H23N5. The van der Waals surface area contributed by atoms with Gasteiger partial charge in [0.25, 0.3) is 0 Å². The molecule has 5 heteroatoms. The van der Waals surface area contributed by atoms with Gasteiger partial charge in [-0.3, -0.25) is 15.0 Å². The van der Waals surface area contributed by atoms with Crippen molar-refractivity contribution in [2.24, 2.45) is 0 Å². The quantitative estimate of drug-likeness (QED) is 0.717. The lowest BCUT2D eigenvalue weighted by molar-refractivity contribution is 0.172. The van der Waals surface area contributed by atoms with Crippen LogP contribution in [-0.2, 0) is 6.54 Å². The number of rotatable bonds is 6. The summed E-state index contributed by atoms with van der Waals surface area (Å²) in [5.74, 6) is 0. The Kier molecular flexibility index (Phi) is 3.75. The third-order valence-corrected chi connectivity index (χ3v) is 5.29. The standard InChI is InChI=1S/C21H23N5/c1-14(23-18-4-5-18)21-19-10-16(3-6-20(19)24-25-21)17-9-15(11-22-12-17)13-26-7-2-8-26/h3,6,9-12,18,23H,1-2,4-5,7-8,13H2,(H,24,25). The van der Waals surface area contributed by atoms with Crippen LogP contribution in [0.25, 0.3) is 27.7 Å². The second-order valence-corrected chi connectivity index (χ2v) is 7.44. The minimum atomic E-state index is 0.569. The van der Waals surface area contributed by atoms with E-state index in [2.05, 4.69) is 56.2 Å². The number of aromatic nitrogens is 3. The summed E-state index contributed by atoms with van der Waals surface area (Å²) in [6.45, 7) is 7.57. The fourth-order valence-corrected chi connectivity index (χ4v) is 3.50. The van der Waals surface area contributed by atoms with Gasteiger partial charge in [-0.15, -0.1) is 0 Å². The highest BCUT2D eigenvalue weighted by Gasteiger charge is 2.23. The van der Waals surface area contributed by atoms with Crippen LogP contribution in [0.1, 0.15) is 30.5 Å². The maximum absolute atomic E-state index is 4.48. The fourth-order valence-electron chi connectivity index (χ4n) is 3.50. The SMILES string of the molecule is C=C(NC1CC1)c1n[nH]c2ccc(-c3cncc(CN4CCC4)c3)cc12. The van der Waals surface area contributed by atoms with Crippen LogP contribution >= 0.6 is 0 Å². The largest absolute Gasteiger partial charge is 0.381 e. The van der Waals surface area contributed by atoms with Gasteiger partial charge in [0.2, 0.25) is 0 Å². The van der Waals surface area contributed by atoms with Gasteiger partial charge in [-0.25, -0.2) is 0 Å². The predicted octanol–water partition coefficient (Wildman–Crippen LogP) is 3.55. The maximum Gasteiger partial charge on any atom is 0.115 e. The van der Waals surface area contributed by atoms with Crippen molar-refractivity contribution in [1.82, 2.24) is 25.4 Å². The van der Waals surface area contributed by atoms with E-state index in [9.17, 15) is 0 Å². The molecule has 2 aromatic heterocycles. The number of nitrogens with zero attached hydrogens (tertiary/aromatic N) is 3. The summed E-state index contributed by atoms with van der Waals surface area (Å²) in [7, 11) is 0. The van der Waals surface area contributed by atoms with E-state index in [1.54, 1.807) is 0 Å². The number of hydrogen-bond donors (Lipinski definition) is 2. The molecule has 2 N–H and O–H groups in total. The summed E-state index contributed by atoms with van der Waals surface area (Å²) in [5.41, 5.74) is 6.44. The number of hydrogen-bond acceptors (Lipinski definition) is 4. The van der Waals surface area contributed by atoms with Crippen LogP contribution in [-0.4, -0.2) is 39.2 Å². The van der Waals surface area contributed by atoms with Crippen molar-refractivity contribution in [2.45, 2.75) is 31.8 Å². The summed E-state index contributed by atoms with van der Waals surface area (Å²) in [4.78, 5) is 6.92. The molecule has 26 heavy (non-hydrogen) atoms. The third kappa shape index (κ3) is 2.99. The minimum absolute atomic E-state index is 0.569. The second kappa shape index (κ2) is 6.25. The van der Waals surface area contributed by atoms with E-state index >= 15 is 0 Å². The number of H-pyrrole nitrogens is 1. The summed E-state index contributed by atoms with van der Waals surface area (Å²) >= 11 is 0. The molecule has 1 aromatic carbocycles. The zero-order valence-corrected chi connectivity index (χ0v) is 14.8. The highest BCUT2D eigenvalue weighted by atomic mass is 15.2. The minimum Gasteiger partial charge on any atom is -0.381 e. The van der Waals surface area contributed by atoms with Crippen molar-refractivity contribution in [1.29, 1.82) is 0 Å². The molecule has 1 saturated carbocycles. The summed E-state index contributed by atoms with van der Waals surface area (Å²) in [6, 6.07) is 9.24. The van der Waals surface area contributed by atoms with Gasteiger partial charge in [-0.2, -0.15) is 5.10 Å². The Labute approximate surface area is 153 Å². The van der Waals surface area contributed by atoms with E-state index in [-0.39, 0.29) is 0 Å². The molecule has 2 fully saturated rings. The summed E-state index contributed by atoms with van der Waals surface area (Å²) < 4.78 is 0. The van der Waals surface area contributed by atoms with Gasteiger partial charge in [0.05, 0.1) is 11.2 Å². The number of benzene rings is 1. The first-order valence-corrected chi connectivity index (χ1v) is 9.37. The monoisotopic (exact) mass is 345 g/mol. The van der Waals surface area contributed by atoms with Crippen molar-refractivity contribution in [3.05, 3.63) is 54.5 Å². The Hall–Kier alpha value is -2.66. The number of fused-ring (bicyclic) bond motifs is 1. The first kappa shape index (κ1) is 15.6. The molecule has 0 unspecified atom stereocenters. The molecule has 1 aliphatic carbocycles. The van der Waals surface area contributed by atoms with E-state index in [1.807, 2.05) is 12.4 Å². The summed E-state index contributed by atoms with van der Waals surface area (Å²) in [6.07, 6.45) is 7.68. The van der Waals surface area contributed by atoms with Crippen molar-refractivity contribution < 1.29 is 0 Å². The molecule has 5 rings (SSSR count). The van der Waals surface area contributed by atoms with Gasteiger partial charge in [0, 0.05) is 35.9 Å². The Bertz CT molecular complexity index is 965. The fraction of sp³-hybridized carbons (Fsp3) is 0.333. The molecule has 0 amide bonds. The summed E-state index contributed by atoms with van der Waals surface area (Å²) in [5, 5.41) is 12.2. The van der Waals surface area contributed by atoms with Crippen LogP contribution in [0.4, 0.5) is 0 Å². The van der Waals surface area contributed by atoms with Crippen LogP contribution in [0.5, 0.6) is 0 Å².